The molecule has 1 atom stereocenters. The largest absolute Gasteiger partial charge is 0.384 e. The molecule has 20 heavy (non-hydrogen) atoms. The van der Waals surface area contributed by atoms with Crippen LogP contribution in [0.25, 0.3) is 0 Å². The van der Waals surface area contributed by atoms with Crippen molar-refractivity contribution >= 4 is 5.69 Å². The molecule has 104 valence electrons. The molecule has 0 saturated carbocycles. The Balaban J connectivity index is 1.79. The van der Waals surface area contributed by atoms with Crippen LogP contribution in [0.1, 0.15) is 29.2 Å². The number of hydrogen-bond donors (Lipinski definition) is 1. The van der Waals surface area contributed by atoms with E-state index >= 15 is 0 Å². The monoisotopic (exact) mass is 267 g/mol. The molecule has 2 aromatic rings. The summed E-state index contributed by atoms with van der Waals surface area (Å²) < 4.78 is 5.20. The van der Waals surface area contributed by atoms with Gasteiger partial charge in [0.2, 0.25) is 0 Å². The molecule has 1 unspecified atom stereocenters. The first-order chi connectivity index (χ1) is 9.88. The van der Waals surface area contributed by atoms with Gasteiger partial charge in [0.25, 0.3) is 0 Å². The first kappa shape index (κ1) is 13.2. The Morgan fingerprint density at radius 3 is 2.80 bits per heavy atom. The maximum atomic E-state index is 5.20. The first-order valence-electron chi connectivity index (χ1n) is 7.29. The number of benzene rings is 2. The Labute approximate surface area is 120 Å². The van der Waals surface area contributed by atoms with Crippen molar-refractivity contribution in [2.45, 2.75) is 25.3 Å². The summed E-state index contributed by atoms with van der Waals surface area (Å²) in [7, 11) is 1.75. The number of ether oxygens (including phenoxy) is 1. The number of aryl methyl sites for hydroxylation is 1. The second-order valence-corrected chi connectivity index (χ2v) is 5.33. The molecule has 0 aliphatic heterocycles. The van der Waals surface area contributed by atoms with E-state index in [1.54, 1.807) is 7.11 Å². The summed E-state index contributed by atoms with van der Waals surface area (Å²) in [6.07, 6.45) is 3.31. The van der Waals surface area contributed by atoms with Crippen molar-refractivity contribution in [1.82, 2.24) is 0 Å². The number of anilines is 1. The van der Waals surface area contributed by atoms with E-state index < -0.39 is 0 Å². The summed E-state index contributed by atoms with van der Waals surface area (Å²) in [4.78, 5) is 0. The van der Waals surface area contributed by atoms with Crippen molar-refractivity contribution in [2.24, 2.45) is 0 Å². The van der Waals surface area contributed by atoms with E-state index in [-0.39, 0.29) is 0 Å². The average molecular weight is 267 g/mol. The molecule has 1 aliphatic carbocycles. The summed E-state index contributed by atoms with van der Waals surface area (Å²) in [5, 5.41) is 3.72. The van der Waals surface area contributed by atoms with E-state index in [1.807, 2.05) is 0 Å². The topological polar surface area (TPSA) is 21.3 Å². The average Bonchev–Trinajstić information content (AvgIpc) is 2.90. The third kappa shape index (κ3) is 2.70. The van der Waals surface area contributed by atoms with Crippen LogP contribution in [0.15, 0.2) is 48.5 Å². The lowest BCUT2D eigenvalue weighted by atomic mass is 10.1. The van der Waals surface area contributed by atoms with Crippen molar-refractivity contribution in [3.8, 4) is 0 Å². The third-order valence-electron chi connectivity index (χ3n) is 4.06. The first-order valence-corrected chi connectivity index (χ1v) is 7.29. The number of fused-ring (bicyclic) bond motifs is 1. The highest BCUT2D eigenvalue weighted by Gasteiger charge is 2.22. The molecule has 1 aliphatic rings. The molecule has 0 fully saturated rings. The summed E-state index contributed by atoms with van der Waals surface area (Å²) in [5.74, 6) is 0. The van der Waals surface area contributed by atoms with Crippen molar-refractivity contribution < 1.29 is 4.74 Å². The Morgan fingerprint density at radius 2 is 1.90 bits per heavy atom. The lowest BCUT2D eigenvalue weighted by Gasteiger charge is -2.18. The maximum absolute atomic E-state index is 5.20. The second kappa shape index (κ2) is 6.10. The zero-order valence-electron chi connectivity index (χ0n) is 11.9. The molecule has 3 rings (SSSR count). The Hall–Kier alpha value is -1.80. The van der Waals surface area contributed by atoms with Gasteiger partial charge in [-0.3, -0.25) is 0 Å². The van der Waals surface area contributed by atoms with Crippen LogP contribution in [0.2, 0.25) is 0 Å². The molecule has 0 aromatic heterocycles. The van der Waals surface area contributed by atoms with Crippen molar-refractivity contribution in [3.05, 3.63) is 65.2 Å². The maximum Gasteiger partial charge on any atom is 0.0519 e. The fraction of sp³-hybridized carbons (Fsp3) is 0.333. The molecule has 0 radical (unpaired) electrons. The van der Waals surface area contributed by atoms with Gasteiger partial charge in [-0.2, -0.15) is 0 Å². The minimum atomic E-state index is 0.440. The molecule has 2 heteroatoms. The quantitative estimate of drug-likeness (QED) is 0.885. The fourth-order valence-corrected chi connectivity index (χ4v) is 2.99. The normalized spacial score (nSPS) is 16.9. The van der Waals surface area contributed by atoms with Crippen LogP contribution in [0.4, 0.5) is 5.69 Å². The van der Waals surface area contributed by atoms with E-state index in [1.165, 1.54) is 35.2 Å². The van der Waals surface area contributed by atoms with Crippen LogP contribution in [-0.4, -0.2) is 13.7 Å². The molecule has 0 heterocycles. The number of hydrogen-bond acceptors (Lipinski definition) is 2. The van der Waals surface area contributed by atoms with Gasteiger partial charge in [-0.05, 0) is 42.0 Å². The van der Waals surface area contributed by atoms with Crippen LogP contribution < -0.4 is 5.32 Å². The molecule has 2 aromatic carbocycles. The number of para-hydroxylation sites is 1. The standard InChI is InChI=1S/C18H21NO/c1-20-13-12-15-7-3-5-9-17(15)19-18-11-10-14-6-2-4-8-16(14)18/h2-9,18-19H,10-13H2,1H3. The fourth-order valence-electron chi connectivity index (χ4n) is 2.99. The van der Waals surface area contributed by atoms with Gasteiger partial charge in [0.1, 0.15) is 0 Å². The van der Waals surface area contributed by atoms with Crippen LogP contribution in [0.5, 0.6) is 0 Å². The summed E-state index contributed by atoms with van der Waals surface area (Å²) >= 11 is 0. The molecule has 1 N–H and O–H groups in total. The minimum absolute atomic E-state index is 0.440. The van der Waals surface area contributed by atoms with Crippen LogP contribution in [0, 0.1) is 0 Å². The molecular formula is C18H21NO. The van der Waals surface area contributed by atoms with E-state index in [0.717, 1.165) is 13.0 Å². The van der Waals surface area contributed by atoms with E-state index in [4.69, 9.17) is 4.74 Å². The van der Waals surface area contributed by atoms with E-state index in [9.17, 15) is 0 Å². The number of nitrogens with one attached hydrogen (secondary N) is 1. The summed E-state index contributed by atoms with van der Waals surface area (Å²) in [6.45, 7) is 0.764. The Bertz CT molecular complexity index is 579. The van der Waals surface area contributed by atoms with Crippen molar-refractivity contribution in [3.63, 3.8) is 0 Å². The minimum Gasteiger partial charge on any atom is -0.384 e. The van der Waals surface area contributed by atoms with E-state index in [2.05, 4.69) is 53.8 Å². The zero-order chi connectivity index (χ0) is 13.8. The molecule has 2 nitrogen and oxygen atoms in total. The Morgan fingerprint density at radius 1 is 1.10 bits per heavy atom. The zero-order valence-corrected chi connectivity index (χ0v) is 11.9. The highest BCUT2D eigenvalue weighted by molar-refractivity contribution is 5.54. The highest BCUT2D eigenvalue weighted by atomic mass is 16.5. The lowest BCUT2D eigenvalue weighted by molar-refractivity contribution is 0.202. The van der Waals surface area contributed by atoms with Gasteiger partial charge < -0.3 is 10.1 Å². The highest BCUT2D eigenvalue weighted by Crippen LogP contribution is 2.34. The third-order valence-corrected chi connectivity index (χ3v) is 4.06. The van der Waals surface area contributed by atoms with Crippen molar-refractivity contribution in [2.75, 3.05) is 19.0 Å². The molecule has 0 spiro atoms. The predicted molar refractivity (Wildman–Crippen MR) is 83.1 cm³/mol. The smallest absolute Gasteiger partial charge is 0.0519 e. The summed E-state index contributed by atoms with van der Waals surface area (Å²) in [5.41, 5.74) is 5.51. The van der Waals surface area contributed by atoms with Gasteiger partial charge in [-0.25, -0.2) is 0 Å². The molecule has 0 saturated heterocycles. The van der Waals surface area contributed by atoms with Crippen LogP contribution in [0.3, 0.4) is 0 Å². The second-order valence-electron chi connectivity index (χ2n) is 5.33. The molecule has 0 amide bonds. The lowest BCUT2D eigenvalue weighted by Crippen LogP contribution is -2.09. The SMILES string of the molecule is COCCc1ccccc1NC1CCc2ccccc21. The Kier molecular flexibility index (Phi) is 4.03. The van der Waals surface area contributed by atoms with Gasteiger partial charge in [-0.15, -0.1) is 0 Å². The molecular weight excluding hydrogens is 246 g/mol. The van der Waals surface area contributed by atoms with Gasteiger partial charge in [0, 0.05) is 12.8 Å². The number of rotatable bonds is 5. The van der Waals surface area contributed by atoms with Crippen molar-refractivity contribution in [1.29, 1.82) is 0 Å². The van der Waals surface area contributed by atoms with Gasteiger partial charge >= 0.3 is 0 Å². The van der Waals surface area contributed by atoms with Gasteiger partial charge in [0.05, 0.1) is 12.6 Å². The predicted octanol–water partition coefficient (Wildman–Crippen LogP) is 3.97. The van der Waals surface area contributed by atoms with Crippen LogP contribution >= 0.6 is 0 Å². The summed E-state index contributed by atoms with van der Waals surface area (Å²) in [6, 6.07) is 17.7. The van der Waals surface area contributed by atoms with Gasteiger partial charge in [0.15, 0.2) is 0 Å². The molecule has 0 bridgehead atoms. The van der Waals surface area contributed by atoms with Gasteiger partial charge in [-0.1, -0.05) is 42.5 Å². The van der Waals surface area contributed by atoms with E-state index in [0.29, 0.717) is 6.04 Å². The number of methoxy groups -OCH3 is 1. The van der Waals surface area contributed by atoms with Crippen LogP contribution in [-0.2, 0) is 17.6 Å².